The minimum absolute atomic E-state index is 0.480. The van der Waals surface area contributed by atoms with Gasteiger partial charge < -0.3 is 29.9 Å². The Morgan fingerprint density at radius 1 is 1.47 bits per heavy atom. The van der Waals surface area contributed by atoms with Crippen LogP contribution in [0.15, 0.2) is 0 Å². The molecule has 1 heterocycles. The molecule has 1 rings (SSSR count). The second-order valence-electron chi connectivity index (χ2n) is 4.18. The van der Waals surface area contributed by atoms with Gasteiger partial charge in [-0.1, -0.05) is 6.92 Å². The number of aliphatic carboxylic acids is 1. The minimum atomic E-state index is -1.21. The lowest BCUT2D eigenvalue weighted by molar-refractivity contribution is -0.279. The van der Waals surface area contributed by atoms with Crippen LogP contribution < -0.4 is 0 Å². The van der Waals surface area contributed by atoms with E-state index in [0.717, 1.165) is 0 Å². The number of ether oxygens (including phenoxy) is 2. The lowest BCUT2D eigenvalue weighted by atomic mass is 9.92. The summed E-state index contributed by atoms with van der Waals surface area (Å²) in [6.07, 6.45) is -5.38. The van der Waals surface area contributed by atoms with Crippen LogP contribution in [0.1, 0.15) is 13.8 Å². The summed E-state index contributed by atoms with van der Waals surface area (Å²) in [5.74, 6) is -1.75. The van der Waals surface area contributed by atoms with E-state index in [2.05, 4.69) is 0 Å². The molecule has 1 aliphatic rings. The maximum atomic E-state index is 10.7. The second-order valence-corrected chi connectivity index (χ2v) is 4.18. The van der Waals surface area contributed by atoms with E-state index in [4.69, 9.17) is 19.7 Å². The summed E-state index contributed by atoms with van der Waals surface area (Å²) in [5, 5.41) is 37.1. The molecule has 0 bridgehead atoms. The Morgan fingerprint density at radius 3 is 2.53 bits per heavy atom. The van der Waals surface area contributed by atoms with Gasteiger partial charge in [-0.2, -0.15) is 0 Å². The van der Waals surface area contributed by atoms with E-state index in [0.29, 0.717) is 0 Å². The van der Waals surface area contributed by atoms with Crippen LogP contribution in [-0.2, 0) is 14.3 Å². The first-order valence-electron chi connectivity index (χ1n) is 5.39. The van der Waals surface area contributed by atoms with Crippen molar-refractivity contribution in [1.29, 1.82) is 0 Å². The van der Waals surface area contributed by atoms with E-state index >= 15 is 0 Å². The first-order chi connectivity index (χ1) is 7.88. The fourth-order valence-corrected chi connectivity index (χ4v) is 1.72. The number of carbonyl (C=O) groups is 1. The van der Waals surface area contributed by atoms with Crippen LogP contribution in [0, 0.1) is 5.92 Å². The van der Waals surface area contributed by atoms with Crippen LogP contribution >= 0.6 is 0 Å². The number of aliphatic hydroxyl groups is 3. The number of carboxylic acids is 1. The summed E-state index contributed by atoms with van der Waals surface area (Å²) in [6.45, 7) is 2.42. The molecule has 0 saturated carbocycles. The molecule has 0 aliphatic carbocycles. The van der Waals surface area contributed by atoms with Crippen molar-refractivity contribution < 1.29 is 34.7 Å². The average Bonchev–Trinajstić information content (AvgIpc) is 2.28. The van der Waals surface area contributed by atoms with E-state index in [-0.39, 0.29) is 0 Å². The Balaban J connectivity index is 2.74. The monoisotopic (exact) mass is 250 g/mol. The molecular formula is C10H18O7. The van der Waals surface area contributed by atoms with Crippen molar-refractivity contribution in [2.24, 2.45) is 5.92 Å². The van der Waals surface area contributed by atoms with Crippen molar-refractivity contribution in [1.82, 2.24) is 0 Å². The molecule has 1 aliphatic heterocycles. The molecule has 1 saturated heterocycles. The highest BCUT2D eigenvalue weighted by Gasteiger charge is 2.44. The zero-order valence-electron chi connectivity index (χ0n) is 9.68. The van der Waals surface area contributed by atoms with Gasteiger partial charge in [0, 0.05) is 5.92 Å². The standard InChI is InChI=1S/C10H18O7/c1-4-8(16-5(2)9(13)14)7(12)6(3-11)17-10(4)15/h4-8,10-12,15H,3H2,1-2H3,(H,13,14)/t4-,5+,6?,7?,8+,10?/m0/s1. The molecule has 7 nitrogen and oxygen atoms in total. The zero-order valence-corrected chi connectivity index (χ0v) is 9.68. The lowest BCUT2D eigenvalue weighted by Gasteiger charge is -2.41. The van der Waals surface area contributed by atoms with Gasteiger partial charge in [-0.3, -0.25) is 0 Å². The third kappa shape index (κ3) is 3.14. The Bertz CT molecular complexity index is 269. The van der Waals surface area contributed by atoms with Crippen molar-refractivity contribution in [3.8, 4) is 0 Å². The maximum absolute atomic E-state index is 10.7. The third-order valence-corrected chi connectivity index (χ3v) is 2.89. The summed E-state index contributed by atoms with van der Waals surface area (Å²) >= 11 is 0. The topological polar surface area (TPSA) is 116 Å². The molecule has 0 amide bonds. The van der Waals surface area contributed by atoms with Gasteiger partial charge in [0.15, 0.2) is 12.4 Å². The Labute approximate surface area is 98.6 Å². The van der Waals surface area contributed by atoms with E-state index in [1.54, 1.807) is 6.92 Å². The summed E-state index contributed by atoms with van der Waals surface area (Å²) in [4.78, 5) is 10.7. The smallest absolute Gasteiger partial charge is 0.332 e. The van der Waals surface area contributed by atoms with Crippen molar-refractivity contribution in [3.63, 3.8) is 0 Å². The zero-order chi connectivity index (χ0) is 13.2. The fraction of sp³-hybridized carbons (Fsp3) is 0.900. The molecule has 0 radical (unpaired) electrons. The molecule has 0 aromatic carbocycles. The quantitative estimate of drug-likeness (QED) is 0.482. The minimum Gasteiger partial charge on any atom is -0.479 e. The SMILES string of the molecule is C[C@@H]1C(O)OC(CO)C(O)[C@@H]1O[C@H](C)C(=O)O. The molecule has 4 N–H and O–H groups in total. The van der Waals surface area contributed by atoms with Crippen LogP contribution in [0.4, 0.5) is 0 Å². The molecule has 7 heteroatoms. The number of rotatable bonds is 4. The van der Waals surface area contributed by atoms with Gasteiger partial charge in [0.2, 0.25) is 0 Å². The van der Waals surface area contributed by atoms with Crippen LogP contribution in [-0.4, -0.2) is 63.7 Å². The Hall–Kier alpha value is -0.730. The molecule has 6 atom stereocenters. The molecule has 0 spiro atoms. The van der Waals surface area contributed by atoms with Crippen molar-refractivity contribution in [3.05, 3.63) is 0 Å². The fourth-order valence-electron chi connectivity index (χ4n) is 1.72. The van der Waals surface area contributed by atoms with Gasteiger partial charge in [-0.15, -0.1) is 0 Å². The highest BCUT2D eigenvalue weighted by molar-refractivity contribution is 5.71. The maximum Gasteiger partial charge on any atom is 0.332 e. The first kappa shape index (κ1) is 14.3. The van der Waals surface area contributed by atoms with Crippen LogP contribution in [0.3, 0.4) is 0 Å². The van der Waals surface area contributed by atoms with Gasteiger partial charge in [-0.25, -0.2) is 4.79 Å². The van der Waals surface area contributed by atoms with E-state index in [1.807, 2.05) is 0 Å². The Morgan fingerprint density at radius 2 is 2.06 bits per heavy atom. The number of aliphatic hydroxyl groups excluding tert-OH is 3. The van der Waals surface area contributed by atoms with Gasteiger partial charge in [0.1, 0.15) is 12.2 Å². The van der Waals surface area contributed by atoms with Crippen LogP contribution in [0.5, 0.6) is 0 Å². The Kier molecular flexibility index (Phi) is 4.84. The van der Waals surface area contributed by atoms with Crippen LogP contribution in [0.25, 0.3) is 0 Å². The summed E-state index contributed by atoms with van der Waals surface area (Å²) in [5.41, 5.74) is 0. The van der Waals surface area contributed by atoms with Crippen molar-refractivity contribution >= 4 is 5.97 Å². The highest BCUT2D eigenvalue weighted by Crippen LogP contribution is 2.27. The molecule has 0 aromatic heterocycles. The van der Waals surface area contributed by atoms with Gasteiger partial charge in [0.25, 0.3) is 0 Å². The summed E-state index contributed by atoms with van der Waals surface area (Å²) in [7, 11) is 0. The van der Waals surface area contributed by atoms with Crippen molar-refractivity contribution in [2.75, 3.05) is 6.61 Å². The highest BCUT2D eigenvalue weighted by atomic mass is 16.6. The van der Waals surface area contributed by atoms with E-state index in [1.165, 1.54) is 6.92 Å². The molecule has 1 fully saturated rings. The van der Waals surface area contributed by atoms with Gasteiger partial charge in [0.05, 0.1) is 12.7 Å². The molecule has 17 heavy (non-hydrogen) atoms. The predicted molar refractivity (Wildman–Crippen MR) is 55.1 cm³/mol. The lowest BCUT2D eigenvalue weighted by Crippen LogP contribution is -2.56. The average molecular weight is 250 g/mol. The first-order valence-corrected chi connectivity index (χ1v) is 5.39. The van der Waals surface area contributed by atoms with E-state index in [9.17, 15) is 15.0 Å². The van der Waals surface area contributed by atoms with Crippen molar-refractivity contribution in [2.45, 2.75) is 44.6 Å². The molecule has 100 valence electrons. The number of hydrogen-bond acceptors (Lipinski definition) is 6. The largest absolute Gasteiger partial charge is 0.479 e. The second kappa shape index (κ2) is 5.74. The van der Waals surface area contributed by atoms with Gasteiger partial charge >= 0.3 is 5.97 Å². The molecule has 3 unspecified atom stereocenters. The van der Waals surface area contributed by atoms with Crippen LogP contribution in [0.2, 0.25) is 0 Å². The van der Waals surface area contributed by atoms with E-state index < -0.39 is 49.2 Å². The third-order valence-electron chi connectivity index (χ3n) is 2.89. The normalized spacial score (nSPS) is 39.9. The number of carboxylic acid groups (broad SMARTS) is 1. The van der Waals surface area contributed by atoms with Gasteiger partial charge in [-0.05, 0) is 6.92 Å². The number of hydrogen-bond donors (Lipinski definition) is 4. The predicted octanol–water partition coefficient (Wildman–Crippen LogP) is -1.45. The molecular weight excluding hydrogens is 232 g/mol. The summed E-state index contributed by atoms with van der Waals surface area (Å²) in [6, 6.07) is 0. The molecule has 0 aromatic rings. The summed E-state index contributed by atoms with van der Waals surface area (Å²) < 4.78 is 10.1.